The number of rotatable bonds is 7. The van der Waals surface area contributed by atoms with Crippen molar-refractivity contribution in [3.8, 4) is 11.5 Å². The number of hydrogen-bond acceptors (Lipinski definition) is 6. The van der Waals surface area contributed by atoms with Crippen molar-refractivity contribution in [2.75, 3.05) is 5.32 Å². The molecule has 8 nitrogen and oxygen atoms in total. The average Bonchev–Trinajstić information content (AvgIpc) is 3.10. The number of para-hydroxylation sites is 1. The Morgan fingerprint density at radius 3 is 1.88 bits per heavy atom. The third-order valence-corrected chi connectivity index (χ3v) is 5.32. The van der Waals surface area contributed by atoms with Gasteiger partial charge in [0.2, 0.25) is 0 Å². The summed E-state index contributed by atoms with van der Waals surface area (Å²) in [6, 6.07) is 21.1. The number of benzene rings is 3. The lowest BCUT2D eigenvalue weighted by atomic mass is 10.1. The molecule has 0 aromatic heterocycles. The number of nitrogens with zero attached hydrogens (tertiary/aromatic N) is 1. The Bertz CT molecular complexity index is 1200. The van der Waals surface area contributed by atoms with Crippen molar-refractivity contribution in [2.45, 2.75) is 26.0 Å². The molecule has 34 heavy (non-hydrogen) atoms. The van der Waals surface area contributed by atoms with Crippen LogP contribution in [0.2, 0.25) is 0 Å². The third kappa shape index (κ3) is 4.66. The number of ether oxygens (including phenoxy) is 2. The Balaban J connectivity index is 1.33. The molecular formula is C26H22N2O6. The van der Waals surface area contributed by atoms with Crippen LogP contribution in [0, 0.1) is 0 Å². The maximum atomic E-state index is 12.6. The summed E-state index contributed by atoms with van der Waals surface area (Å²) in [5, 5.41) is 2.66. The largest absolute Gasteiger partial charge is 0.457 e. The quantitative estimate of drug-likeness (QED) is 0.424. The molecule has 4 rings (SSSR count). The van der Waals surface area contributed by atoms with Crippen molar-refractivity contribution >= 4 is 29.4 Å². The van der Waals surface area contributed by atoms with E-state index in [4.69, 9.17) is 9.47 Å². The minimum Gasteiger partial charge on any atom is -0.457 e. The summed E-state index contributed by atoms with van der Waals surface area (Å²) in [4.78, 5) is 51.1. The van der Waals surface area contributed by atoms with Gasteiger partial charge in [-0.25, -0.2) is 4.79 Å². The highest BCUT2D eigenvalue weighted by molar-refractivity contribution is 6.22. The molecule has 3 aromatic carbocycles. The normalized spacial score (nSPS) is 14.2. The Kier molecular flexibility index (Phi) is 6.40. The van der Waals surface area contributed by atoms with Gasteiger partial charge in [-0.1, -0.05) is 30.3 Å². The molecule has 1 aliphatic rings. The minimum atomic E-state index is -1.18. The first-order valence-electron chi connectivity index (χ1n) is 10.7. The van der Waals surface area contributed by atoms with Crippen LogP contribution in [-0.2, 0) is 14.3 Å². The van der Waals surface area contributed by atoms with Gasteiger partial charge in [0, 0.05) is 5.69 Å². The second kappa shape index (κ2) is 9.58. The lowest BCUT2D eigenvalue weighted by molar-refractivity contribution is -0.156. The number of esters is 1. The van der Waals surface area contributed by atoms with Crippen LogP contribution >= 0.6 is 0 Å². The zero-order chi connectivity index (χ0) is 24.2. The number of hydrogen-bond donors (Lipinski definition) is 1. The fourth-order valence-corrected chi connectivity index (χ4v) is 3.47. The second-order valence-corrected chi connectivity index (χ2v) is 7.71. The second-order valence-electron chi connectivity index (χ2n) is 7.71. The first kappa shape index (κ1) is 22.7. The van der Waals surface area contributed by atoms with E-state index in [0.29, 0.717) is 17.2 Å². The van der Waals surface area contributed by atoms with E-state index in [2.05, 4.69) is 5.32 Å². The number of amides is 3. The maximum Gasteiger partial charge on any atom is 0.329 e. The fraction of sp³-hybridized carbons (Fsp3) is 0.154. The summed E-state index contributed by atoms with van der Waals surface area (Å²) in [6.07, 6.45) is -1.15. The predicted octanol–water partition coefficient (Wildman–Crippen LogP) is 4.03. The van der Waals surface area contributed by atoms with E-state index < -0.39 is 35.8 Å². The molecule has 0 saturated heterocycles. The van der Waals surface area contributed by atoms with Crippen molar-refractivity contribution in [3.05, 3.63) is 90.0 Å². The van der Waals surface area contributed by atoms with Gasteiger partial charge in [-0.3, -0.25) is 19.3 Å². The number of nitrogens with one attached hydrogen (secondary N) is 1. The van der Waals surface area contributed by atoms with Gasteiger partial charge < -0.3 is 14.8 Å². The van der Waals surface area contributed by atoms with Gasteiger partial charge in [-0.15, -0.1) is 0 Å². The van der Waals surface area contributed by atoms with Crippen LogP contribution in [0.25, 0.3) is 0 Å². The van der Waals surface area contributed by atoms with Crippen LogP contribution in [0.3, 0.4) is 0 Å². The molecule has 0 fully saturated rings. The summed E-state index contributed by atoms with van der Waals surface area (Å²) < 4.78 is 10.9. The van der Waals surface area contributed by atoms with Gasteiger partial charge in [-0.05, 0) is 62.4 Å². The molecule has 1 N–H and O–H groups in total. The molecule has 0 saturated carbocycles. The number of fused-ring (bicyclic) bond motifs is 1. The van der Waals surface area contributed by atoms with Gasteiger partial charge in [0.15, 0.2) is 6.10 Å². The van der Waals surface area contributed by atoms with E-state index in [-0.39, 0.29) is 11.1 Å². The van der Waals surface area contributed by atoms with Crippen LogP contribution < -0.4 is 10.1 Å². The first-order chi connectivity index (χ1) is 16.3. The van der Waals surface area contributed by atoms with E-state index in [1.807, 2.05) is 30.3 Å². The molecule has 1 aliphatic heterocycles. The van der Waals surface area contributed by atoms with Gasteiger partial charge in [0.05, 0.1) is 11.1 Å². The van der Waals surface area contributed by atoms with Crippen LogP contribution in [0.1, 0.15) is 34.6 Å². The molecule has 8 heteroatoms. The Morgan fingerprint density at radius 1 is 0.765 bits per heavy atom. The van der Waals surface area contributed by atoms with Gasteiger partial charge in [-0.2, -0.15) is 0 Å². The van der Waals surface area contributed by atoms with Crippen molar-refractivity contribution in [2.24, 2.45) is 0 Å². The molecule has 0 unspecified atom stereocenters. The summed E-state index contributed by atoms with van der Waals surface area (Å²) in [5.41, 5.74) is 0.956. The highest BCUT2D eigenvalue weighted by Gasteiger charge is 2.41. The summed E-state index contributed by atoms with van der Waals surface area (Å²) in [6.45, 7) is 2.80. The molecule has 3 aromatic rings. The zero-order valence-corrected chi connectivity index (χ0v) is 18.6. The smallest absolute Gasteiger partial charge is 0.329 e. The van der Waals surface area contributed by atoms with E-state index in [1.54, 1.807) is 36.4 Å². The van der Waals surface area contributed by atoms with Crippen LogP contribution in [0.5, 0.6) is 11.5 Å². The summed E-state index contributed by atoms with van der Waals surface area (Å²) in [7, 11) is 0. The van der Waals surface area contributed by atoms with Crippen LogP contribution in [0.15, 0.2) is 78.9 Å². The number of imide groups is 1. The molecule has 0 aliphatic carbocycles. The lowest BCUT2D eigenvalue weighted by Crippen LogP contribution is -2.45. The molecule has 172 valence electrons. The van der Waals surface area contributed by atoms with E-state index in [0.717, 1.165) is 4.90 Å². The number of carbonyl (C=O) groups is 4. The molecule has 3 amide bonds. The minimum absolute atomic E-state index is 0.234. The highest BCUT2D eigenvalue weighted by Crippen LogP contribution is 2.25. The Labute approximate surface area is 196 Å². The van der Waals surface area contributed by atoms with Gasteiger partial charge in [0.1, 0.15) is 17.5 Å². The predicted molar refractivity (Wildman–Crippen MR) is 124 cm³/mol. The van der Waals surface area contributed by atoms with Crippen LogP contribution in [0.4, 0.5) is 5.69 Å². The first-order valence-corrected chi connectivity index (χ1v) is 10.7. The highest BCUT2D eigenvalue weighted by atomic mass is 16.5. The van der Waals surface area contributed by atoms with E-state index >= 15 is 0 Å². The molecule has 0 spiro atoms. The molecule has 0 bridgehead atoms. The van der Waals surface area contributed by atoms with E-state index in [9.17, 15) is 19.2 Å². The standard InChI is InChI=1S/C26H22N2O6/c1-16(28-24(30)21-10-6-7-11-22(21)25(28)31)26(32)33-17(2)23(29)27-18-12-14-20(15-13-18)34-19-8-4-3-5-9-19/h3-17H,1-2H3,(H,27,29)/t16-,17-/m1/s1. The fourth-order valence-electron chi connectivity index (χ4n) is 3.47. The Hall–Kier alpha value is -4.46. The van der Waals surface area contributed by atoms with Crippen molar-refractivity contribution in [1.29, 1.82) is 0 Å². The molecule has 1 heterocycles. The third-order valence-electron chi connectivity index (χ3n) is 5.32. The van der Waals surface area contributed by atoms with Gasteiger partial charge >= 0.3 is 5.97 Å². The molecular weight excluding hydrogens is 436 g/mol. The van der Waals surface area contributed by atoms with Crippen molar-refractivity contribution in [3.63, 3.8) is 0 Å². The SMILES string of the molecule is C[C@H](C(=O)O[C@H](C)C(=O)Nc1ccc(Oc2ccccc2)cc1)N1C(=O)c2ccccc2C1=O. The number of anilines is 1. The zero-order valence-electron chi connectivity index (χ0n) is 18.6. The van der Waals surface area contributed by atoms with Crippen LogP contribution in [-0.4, -0.2) is 40.7 Å². The lowest BCUT2D eigenvalue weighted by Gasteiger charge is -2.22. The topological polar surface area (TPSA) is 102 Å². The average molecular weight is 458 g/mol. The van der Waals surface area contributed by atoms with Gasteiger partial charge in [0.25, 0.3) is 17.7 Å². The van der Waals surface area contributed by atoms with Crippen molar-refractivity contribution < 1.29 is 28.7 Å². The van der Waals surface area contributed by atoms with Crippen molar-refractivity contribution in [1.82, 2.24) is 4.90 Å². The van der Waals surface area contributed by atoms with E-state index in [1.165, 1.54) is 26.0 Å². The molecule has 2 atom stereocenters. The summed E-state index contributed by atoms with van der Waals surface area (Å²) in [5.74, 6) is -1.27. The monoisotopic (exact) mass is 458 g/mol. The Morgan fingerprint density at radius 2 is 1.29 bits per heavy atom. The number of carbonyl (C=O) groups excluding carboxylic acids is 4. The molecule has 0 radical (unpaired) electrons. The summed E-state index contributed by atoms with van der Waals surface area (Å²) >= 11 is 0. The maximum absolute atomic E-state index is 12.6.